The third-order valence-electron chi connectivity index (χ3n) is 8.51. The number of pyridine rings is 1. The molecule has 0 fully saturated rings. The Hall–Kier alpha value is -4.78. The van der Waals surface area contributed by atoms with Gasteiger partial charge < -0.3 is 4.57 Å². The van der Waals surface area contributed by atoms with Crippen LogP contribution in [0.4, 0.5) is 0 Å². The number of benzene rings is 6. The zero-order chi connectivity index (χ0) is 28.1. The highest BCUT2D eigenvalue weighted by Gasteiger charge is 2.31. The average molecular weight is 558 g/mol. The van der Waals surface area contributed by atoms with E-state index in [0.29, 0.717) is 0 Å². The zero-order valence-electron chi connectivity index (χ0n) is 23.1. The van der Waals surface area contributed by atoms with Crippen molar-refractivity contribution in [3.63, 3.8) is 0 Å². The van der Waals surface area contributed by atoms with E-state index in [1.54, 1.807) is 0 Å². The monoisotopic (exact) mass is 557 g/mol. The van der Waals surface area contributed by atoms with Crippen molar-refractivity contribution >= 4 is 61.0 Å². The molecule has 1 atom stereocenters. The van der Waals surface area contributed by atoms with Gasteiger partial charge in [0.05, 0.1) is 11.2 Å². The minimum absolute atomic E-state index is 0.844. The number of hydrogen-bond donors (Lipinski definition) is 0. The summed E-state index contributed by atoms with van der Waals surface area (Å²) in [5, 5.41) is 10.9. The third kappa shape index (κ3) is 3.95. The summed E-state index contributed by atoms with van der Waals surface area (Å²) in [6.45, 7) is 0. The van der Waals surface area contributed by atoms with Gasteiger partial charge in [0.2, 0.25) is 0 Å². The van der Waals surface area contributed by atoms with Crippen LogP contribution in [0.3, 0.4) is 0 Å². The molecule has 1 heterocycles. The number of aromatic nitrogens is 1. The maximum absolute atomic E-state index is 14.9. The molecule has 3 heteroatoms. The standard InChI is InChI=1S/C39H28NOP/c41-42(31-14-3-1-4-15-31,32-16-5-2-6-17-32)33-22-19-28(20-23-33)39-35-24-21-27-11-9-10-18-34(27)38(35)36-25-29-12-7-8-13-30(29)26-37(36)40-39/h1,3-5,7-26H,2,6H2. The third-order valence-corrected chi connectivity index (χ3v) is 11.6. The summed E-state index contributed by atoms with van der Waals surface area (Å²) in [7, 11) is -3.00. The van der Waals surface area contributed by atoms with E-state index in [-0.39, 0.29) is 0 Å². The van der Waals surface area contributed by atoms with E-state index in [2.05, 4.69) is 103 Å². The van der Waals surface area contributed by atoms with Crippen LogP contribution in [0.15, 0.2) is 151 Å². The van der Waals surface area contributed by atoms with Crippen LogP contribution in [0.1, 0.15) is 12.8 Å². The van der Waals surface area contributed by atoms with Crippen molar-refractivity contribution in [1.82, 2.24) is 4.98 Å². The van der Waals surface area contributed by atoms with Crippen LogP contribution in [0.2, 0.25) is 0 Å². The summed E-state index contributed by atoms with van der Waals surface area (Å²) in [5.41, 5.74) is 2.93. The van der Waals surface area contributed by atoms with Gasteiger partial charge in [-0.25, -0.2) is 4.98 Å². The highest BCUT2D eigenvalue weighted by atomic mass is 31.2. The van der Waals surface area contributed by atoms with Gasteiger partial charge in [0, 0.05) is 37.6 Å². The highest BCUT2D eigenvalue weighted by molar-refractivity contribution is 7.82. The molecule has 42 heavy (non-hydrogen) atoms. The van der Waals surface area contributed by atoms with Crippen molar-refractivity contribution in [3.8, 4) is 11.3 Å². The Bertz CT molecular complexity index is 2260. The first-order valence-corrected chi connectivity index (χ1v) is 16.2. The van der Waals surface area contributed by atoms with Gasteiger partial charge in [-0.3, -0.25) is 0 Å². The van der Waals surface area contributed by atoms with E-state index in [4.69, 9.17) is 4.98 Å². The number of allylic oxidation sites excluding steroid dienone is 4. The molecule has 0 saturated carbocycles. The molecule has 7 aromatic rings. The first-order valence-electron chi connectivity index (χ1n) is 14.5. The summed E-state index contributed by atoms with van der Waals surface area (Å²) >= 11 is 0. The predicted octanol–water partition coefficient (Wildman–Crippen LogP) is 9.91. The van der Waals surface area contributed by atoms with E-state index < -0.39 is 7.14 Å². The molecule has 1 aromatic heterocycles. The molecule has 1 unspecified atom stereocenters. The SMILES string of the molecule is O=P(C1=CCCC=C1)(c1ccccc1)c1ccc(-c2nc3cc4ccccc4cc3c3c2ccc2ccccc23)cc1. The van der Waals surface area contributed by atoms with Crippen LogP contribution in [-0.4, -0.2) is 4.98 Å². The fourth-order valence-corrected chi connectivity index (χ4v) is 9.19. The topological polar surface area (TPSA) is 30.0 Å². The van der Waals surface area contributed by atoms with Gasteiger partial charge in [-0.15, -0.1) is 0 Å². The van der Waals surface area contributed by atoms with E-state index in [1.165, 1.54) is 26.9 Å². The van der Waals surface area contributed by atoms with Crippen LogP contribution in [0.25, 0.3) is 54.5 Å². The number of nitrogens with zero attached hydrogens (tertiary/aromatic N) is 1. The first-order chi connectivity index (χ1) is 20.7. The van der Waals surface area contributed by atoms with Gasteiger partial charge in [-0.1, -0.05) is 133 Å². The van der Waals surface area contributed by atoms with Crippen LogP contribution < -0.4 is 10.6 Å². The maximum atomic E-state index is 14.9. The molecule has 2 nitrogen and oxygen atoms in total. The van der Waals surface area contributed by atoms with E-state index in [9.17, 15) is 4.57 Å². The molecule has 1 aliphatic carbocycles. The molecular weight excluding hydrogens is 529 g/mol. The lowest BCUT2D eigenvalue weighted by molar-refractivity contribution is 0.591. The summed E-state index contributed by atoms with van der Waals surface area (Å²) in [5.74, 6) is 0. The molecule has 0 saturated heterocycles. The molecule has 0 spiro atoms. The van der Waals surface area contributed by atoms with E-state index >= 15 is 0 Å². The lowest BCUT2D eigenvalue weighted by Crippen LogP contribution is -2.17. The predicted molar refractivity (Wildman–Crippen MR) is 179 cm³/mol. The van der Waals surface area contributed by atoms with E-state index in [1.807, 2.05) is 42.5 Å². The van der Waals surface area contributed by atoms with Gasteiger partial charge >= 0.3 is 0 Å². The second-order valence-corrected chi connectivity index (χ2v) is 13.8. The lowest BCUT2D eigenvalue weighted by atomic mass is 9.94. The molecule has 0 bridgehead atoms. The minimum atomic E-state index is -3.00. The molecule has 0 N–H and O–H groups in total. The number of rotatable bonds is 4. The van der Waals surface area contributed by atoms with Crippen molar-refractivity contribution < 1.29 is 4.57 Å². The van der Waals surface area contributed by atoms with Gasteiger partial charge in [0.15, 0.2) is 7.14 Å². The van der Waals surface area contributed by atoms with Crippen molar-refractivity contribution in [2.45, 2.75) is 12.8 Å². The Morgan fingerprint density at radius 3 is 2.02 bits per heavy atom. The first kappa shape index (κ1) is 25.0. The molecule has 1 aliphatic rings. The second kappa shape index (κ2) is 9.94. The van der Waals surface area contributed by atoms with Crippen molar-refractivity contribution in [1.29, 1.82) is 0 Å². The van der Waals surface area contributed by atoms with Crippen LogP contribution in [0.5, 0.6) is 0 Å². The van der Waals surface area contributed by atoms with Crippen molar-refractivity contribution in [2.75, 3.05) is 0 Å². The van der Waals surface area contributed by atoms with Gasteiger partial charge in [-0.05, 0) is 46.5 Å². The normalized spacial score (nSPS) is 14.8. The lowest BCUT2D eigenvalue weighted by Gasteiger charge is -2.22. The zero-order valence-corrected chi connectivity index (χ0v) is 24.0. The second-order valence-electron chi connectivity index (χ2n) is 11.0. The Kier molecular flexibility index (Phi) is 5.91. The van der Waals surface area contributed by atoms with Crippen LogP contribution >= 0.6 is 7.14 Å². The summed E-state index contributed by atoms with van der Waals surface area (Å²) in [4.78, 5) is 5.28. The summed E-state index contributed by atoms with van der Waals surface area (Å²) in [6, 6.07) is 44.1. The Labute approximate surface area is 245 Å². The van der Waals surface area contributed by atoms with Gasteiger partial charge in [-0.2, -0.15) is 0 Å². The minimum Gasteiger partial charge on any atom is -0.309 e. The van der Waals surface area contributed by atoms with Crippen molar-refractivity contribution in [2.24, 2.45) is 0 Å². The largest absolute Gasteiger partial charge is 0.309 e. The molecule has 6 aromatic carbocycles. The molecule has 0 radical (unpaired) electrons. The highest BCUT2D eigenvalue weighted by Crippen LogP contribution is 2.53. The van der Waals surface area contributed by atoms with Crippen LogP contribution in [-0.2, 0) is 4.57 Å². The fraction of sp³-hybridized carbons (Fsp3) is 0.0513. The fourth-order valence-electron chi connectivity index (χ4n) is 6.43. The molecule has 0 aliphatic heterocycles. The molecule has 200 valence electrons. The molecular formula is C39H28NOP. The molecule has 0 amide bonds. The Morgan fingerprint density at radius 2 is 1.26 bits per heavy atom. The van der Waals surface area contributed by atoms with E-state index in [0.717, 1.165) is 56.3 Å². The summed E-state index contributed by atoms with van der Waals surface area (Å²) in [6.07, 6.45) is 8.24. The van der Waals surface area contributed by atoms with Crippen LogP contribution in [0, 0.1) is 0 Å². The number of hydrogen-bond acceptors (Lipinski definition) is 2. The van der Waals surface area contributed by atoms with Gasteiger partial charge in [0.1, 0.15) is 0 Å². The Morgan fingerprint density at radius 1 is 0.571 bits per heavy atom. The number of fused-ring (bicyclic) bond motifs is 6. The smallest absolute Gasteiger partial charge is 0.170 e. The molecule has 8 rings (SSSR count). The quantitative estimate of drug-likeness (QED) is 0.122. The average Bonchev–Trinajstić information content (AvgIpc) is 3.07. The summed E-state index contributed by atoms with van der Waals surface area (Å²) < 4.78 is 14.9. The maximum Gasteiger partial charge on any atom is 0.170 e. The Balaban J connectivity index is 1.36. The van der Waals surface area contributed by atoms with Crippen molar-refractivity contribution in [3.05, 3.63) is 151 Å². The van der Waals surface area contributed by atoms with Gasteiger partial charge in [0.25, 0.3) is 0 Å².